The molecule has 2 rings (SSSR count). The van der Waals surface area contributed by atoms with E-state index in [1.54, 1.807) is 5.06 Å². The van der Waals surface area contributed by atoms with Gasteiger partial charge in [-0.1, -0.05) is 57.0 Å². The number of carbonyl (C=O) groups excluding carboxylic acids is 1. The van der Waals surface area contributed by atoms with Crippen molar-refractivity contribution in [3.8, 4) is 0 Å². The quantitative estimate of drug-likeness (QED) is 0.702. The Hall–Kier alpha value is -1.35. The van der Waals surface area contributed by atoms with Gasteiger partial charge in [0.05, 0.1) is 12.5 Å². The minimum atomic E-state index is 0.115. The number of β-lactam (4-membered cyclic amide) rings is 1. The third-order valence-corrected chi connectivity index (χ3v) is 3.66. The minimum absolute atomic E-state index is 0.115. The first-order chi connectivity index (χ1) is 9.20. The molecule has 0 radical (unpaired) electrons. The van der Waals surface area contributed by atoms with E-state index in [-0.39, 0.29) is 11.9 Å². The SMILES string of the molecule is CCC[C@@H](C)C[C@H]1CC(=O)N1OCc1ccccc1. The molecule has 1 fully saturated rings. The molecule has 0 unspecified atom stereocenters. The Balaban J connectivity index is 1.80. The van der Waals surface area contributed by atoms with Crippen LogP contribution in [-0.4, -0.2) is 17.0 Å². The maximum Gasteiger partial charge on any atom is 0.248 e. The topological polar surface area (TPSA) is 29.5 Å². The van der Waals surface area contributed by atoms with Gasteiger partial charge in [0.25, 0.3) is 0 Å². The van der Waals surface area contributed by atoms with E-state index in [2.05, 4.69) is 13.8 Å². The summed E-state index contributed by atoms with van der Waals surface area (Å²) in [5.74, 6) is 0.774. The van der Waals surface area contributed by atoms with Gasteiger partial charge in [-0.2, -0.15) is 0 Å². The molecule has 3 heteroatoms. The second-order valence-electron chi connectivity index (χ2n) is 5.47. The average molecular weight is 261 g/mol. The standard InChI is InChI=1S/C16H23NO2/c1-3-7-13(2)10-15-11-16(18)17(15)19-12-14-8-5-4-6-9-14/h4-6,8-9,13,15H,3,7,10-12H2,1-2H3/t13-,15+/m1/s1. The molecule has 2 atom stereocenters. The number of amides is 1. The van der Waals surface area contributed by atoms with Crippen molar-refractivity contribution >= 4 is 5.91 Å². The lowest BCUT2D eigenvalue weighted by Crippen LogP contribution is -2.52. The van der Waals surface area contributed by atoms with E-state index >= 15 is 0 Å². The van der Waals surface area contributed by atoms with Gasteiger partial charge in [0.1, 0.15) is 6.61 Å². The van der Waals surface area contributed by atoms with Crippen LogP contribution in [-0.2, 0) is 16.2 Å². The van der Waals surface area contributed by atoms with Gasteiger partial charge in [0.15, 0.2) is 0 Å². The predicted molar refractivity (Wildman–Crippen MR) is 75.2 cm³/mol. The molecule has 1 aromatic carbocycles. The molecule has 0 aliphatic carbocycles. The van der Waals surface area contributed by atoms with Crippen LogP contribution in [0.4, 0.5) is 0 Å². The zero-order valence-electron chi connectivity index (χ0n) is 11.8. The summed E-state index contributed by atoms with van der Waals surface area (Å²) in [5, 5.41) is 1.58. The molecule has 1 heterocycles. The number of rotatable bonds is 7. The number of carbonyl (C=O) groups is 1. The highest BCUT2D eigenvalue weighted by Crippen LogP contribution is 2.28. The van der Waals surface area contributed by atoms with Crippen LogP contribution in [0.25, 0.3) is 0 Å². The molecule has 1 aliphatic heterocycles. The smallest absolute Gasteiger partial charge is 0.248 e. The molecule has 1 amide bonds. The predicted octanol–water partition coefficient (Wildman–Crippen LogP) is 3.55. The summed E-state index contributed by atoms with van der Waals surface area (Å²) in [6, 6.07) is 10.2. The first kappa shape index (κ1) is 14.1. The van der Waals surface area contributed by atoms with E-state index in [9.17, 15) is 4.79 Å². The number of benzene rings is 1. The molecule has 1 saturated heterocycles. The van der Waals surface area contributed by atoms with Crippen LogP contribution >= 0.6 is 0 Å². The van der Waals surface area contributed by atoms with Gasteiger partial charge in [-0.15, -0.1) is 0 Å². The summed E-state index contributed by atoms with van der Waals surface area (Å²) < 4.78 is 0. The summed E-state index contributed by atoms with van der Waals surface area (Å²) in [4.78, 5) is 17.3. The van der Waals surface area contributed by atoms with Crippen molar-refractivity contribution < 1.29 is 9.63 Å². The van der Waals surface area contributed by atoms with Crippen LogP contribution in [0, 0.1) is 5.92 Å². The molecular weight excluding hydrogens is 238 g/mol. The van der Waals surface area contributed by atoms with E-state index in [0.29, 0.717) is 18.9 Å². The normalized spacial score (nSPS) is 20.2. The van der Waals surface area contributed by atoms with Crippen molar-refractivity contribution in [2.24, 2.45) is 5.92 Å². The van der Waals surface area contributed by atoms with Crippen LogP contribution in [0.5, 0.6) is 0 Å². The number of nitrogens with zero attached hydrogens (tertiary/aromatic N) is 1. The Bertz CT molecular complexity index is 404. The summed E-state index contributed by atoms with van der Waals surface area (Å²) in [5.41, 5.74) is 1.10. The summed E-state index contributed by atoms with van der Waals surface area (Å²) in [7, 11) is 0. The zero-order valence-corrected chi connectivity index (χ0v) is 11.8. The Morgan fingerprint density at radius 3 is 2.74 bits per heavy atom. The molecule has 0 aromatic heterocycles. The van der Waals surface area contributed by atoms with Gasteiger partial charge in [0.2, 0.25) is 5.91 Å². The van der Waals surface area contributed by atoms with Crippen LogP contribution in [0.1, 0.15) is 45.1 Å². The first-order valence-corrected chi connectivity index (χ1v) is 7.19. The van der Waals surface area contributed by atoms with E-state index in [0.717, 1.165) is 12.0 Å². The van der Waals surface area contributed by atoms with Gasteiger partial charge >= 0.3 is 0 Å². The van der Waals surface area contributed by atoms with E-state index in [4.69, 9.17) is 4.84 Å². The summed E-state index contributed by atoms with van der Waals surface area (Å²) in [6.45, 7) is 4.93. The number of hydrogen-bond acceptors (Lipinski definition) is 2. The fourth-order valence-corrected chi connectivity index (χ4v) is 2.62. The number of hydroxylamine groups is 2. The Morgan fingerprint density at radius 2 is 2.11 bits per heavy atom. The van der Waals surface area contributed by atoms with E-state index in [1.807, 2.05) is 30.3 Å². The lowest BCUT2D eigenvalue weighted by Gasteiger charge is -2.40. The number of hydrogen-bond donors (Lipinski definition) is 0. The fraction of sp³-hybridized carbons (Fsp3) is 0.562. The molecule has 1 aliphatic rings. The zero-order chi connectivity index (χ0) is 13.7. The van der Waals surface area contributed by atoms with Gasteiger partial charge in [-0.25, -0.2) is 5.06 Å². The Morgan fingerprint density at radius 1 is 1.37 bits per heavy atom. The summed E-state index contributed by atoms with van der Waals surface area (Å²) in [6.07, 6.45) is 4.11. The lowest BCUT2D eigenvalue weighted by molar-refractivity contribution is -0.235. The molecule has 1 aromatic rings. The van der Waals surface area contributed by atoms with Crippen molar-refractivity contribution in [2.75, 3.05) is 0 Å². The highest BCUT2D eigenvalue weighted by Gasteiger charge is 2.37. The van der Waals surface area contributed by atoms with Crippen molar-refractivity contribution in [3.05, 3.63) is 35.9 Å². The van der Waals surface area contributed by atoms with Crippen molar-refractivity contribution in [1.82, 2.24) is 5.06 Å². The van der Waals surface area contributed by atoms with Gasteiger partial charge < -0.3 is 0 Å². The van der Waals surface area contributed by atoms with Crippen molar-refractivity contribution in [2.45, 2.75) is 52.2 Å². The van der Waals surface area contributed by atoms with Crippen molar-refractivity contribution in [3.63, 3.8) is 0 Å². The third-order valence-electron chi connectivity index (χ3n) is 3.66. The second-order valence-corrected chi connectivity index (χ2v) is 5.47. The Labute approximate surface area is 115 Å². The van der Waals surface area contributed by atoms with Gasteiger partial charge in [-0.3, -0.25) is 9.63 Å². The third kappa shape index (κ3) is 3.80. The second kappa shape index (κ2) is 6.71. The minimum Gasteiger partial charge on any atom is -0.272 e. The molecule has 0 saturated carbocycles. The average Bonchev–Trinajstić information content (AvgIpc) is 2.40. The molecule has 0 spiro atoms. The maximum atomic E-state index is 11.6. The molecule has 0 bridgehead atoms. The lowest BCUT2D eigenvalue weighted by atomic mass is 9.91. The Kier molecular flexibility index (Phi) is 4.97. The molecular formula is C16H23NO2. The largest absolute Gasteiger partial charge is 0.272 e. The fourth-order valence-electron chi connectivity index (χ4n) is 2.62. The highest BCUT2D eigenvalue weighted by molar-refractivity contribution is 5.81. The molecule has 19 heavy (non-hydrogen) atoms. The summed E-state index contributed by atoms with van der Waals surface area (Å²) >= 11 is 0. The highest BCUT2D eigenvalue weighted by atomic mass is 16.7. The van der Waals surface area contributed by atoms with Crippen LogP contribution < -0.4 is 0 Å². The van der Waals surface area contributed by atoms with Gasteiger partial charge in [-0.05, 0) is 17.9 Å². The first-order valence-electron chi connectivity index (χ1n) is 7.19. The van der Waals surface area contributed by atoms with Crippen molar-refractivity contribution in [1.29, 1.82) is 0 Å². The van der Waals surface area contributed by atoms with E-state index < -0.39 is 0 Å². The molecule has 104 valence electrons. The van der Waals surface area contributed by atoms with Crippen LogP contribution in [0.3, 0.4) is 0 Å². The van der Waals surface area contributed by atoms with Crippen LogP contribution in [0.15, 0.2) is 30.3 Å². The monoisotopic (exact) mass is 261 g/mol. The molecule has 0 N–H and O–H groups in total. The van der Waals surface area contributed by atoms with Gasteiger partial charge in [0, 0.05) is 0 Å². The molecule has 3 nitrogen and oxygen atoms in total. The van der Waals surface area contributed by atoms with Crippen LogP contribution in [0.2, 0.25) is 0 Å². The maximum absolute atomic E-state index is 11.6. The van der Waals surface area contributed by atoms with E-state index in [1.165, 1.54) is 12.8 Å².